The minimum absolute atomic E-state index is 0.0323. The molecule has 3 N–H and O–H groups in total. The molecule has 0 heterocycles. The second kappa shape index (κ2) is 7.43. The van der Waals surface area contributed by atoms with Gasteiger partial charge in [0.2, 0.25) is 5.91 Å². The highest BCUT2D eigenvalue weighted by Gasteiger charge is 2.31. The van der Waals surface area contributed by atoms with Gasteiger partial charge in [-0.15, -0.1) is 0 Å². The first-order valence-electron chi connectivity index (χ1n) is 6.97. The van der Waals surface area contributed by atoms with E-state index < -0.39 is 17.8 Å². The van der Waals surface area contributed by atoms with Crippen molar-refractivity contribution in [3.05, 3.63) is 53.1 Å². The predicted molar refractivity (Wildman–Crippen MR) is 89.8 cm³/mol. The number of hydrogen-bond acceptors (Lipinski definition) is 2. The molecule has 0 saturated heterocycles. The molecule has 0 aliphatic heterocycles. The molecule has 0 aromatic heterocycles. The third-order valence-corrected chi connectivity index (χ3v) is 3.31. The lowest BCUT2D eigenvalue weighted by Gasteiger charge is -2.13. The molecule has 25 heavy (non-hydrogen) atoms. The maximum atomic E-state index is 12.7. The predicted octanol–water partition coefficient (Wildman–Crippen LogP) is 4.96. The van der Waals surface area contributed by atoms with Gasteiger partial charge in [0.15, 0.2) is 0 Å². The largest absolute Gasteiger partial charge is 0.416 e. The van der Waals surface area contributed by atoms with Gasteiger partial charge in [0.25, 0.3) is 0 Å². The van der Waals surface area contributed by atoms with Crippen molar-refractivity contribution in [2.24, 2.45) is 0 Å². The minimum Gasteiger partial charge on any atom is -0.326 e. The number of carbonyl (C=O) groups is 2. The van der Waals surface area contributed by atoms with E-state index in [0.29, 0.717) is 11.4 Å². The molecule has 0 atom stereocenters. The Balaban J connectivity index is 2.12. The smallest absolute Gasteiger partial charge is 0.326 e. The van der Waals surface area contributed by atoms with Gasteiger partial charge >= 0.3 is 12.2 Å². The van der Waals surface area contributed by atoms with E-state index in [2.05, 4.69) is 16.0 Å². The maximum absolute atomic E-state index is 12.7. The minimum atomic E-state index is -4.55. The maximum Gasteiger partial charge on any atom is 0.416 e. The molecule has 0 radical (unpaired) electrons. The summed E-state index contributed by atoms with van der Waals surface area (Å²) in [6, 6.07) is 8.11. The van der Waals surface area contributed by atoms with Crippen molar-refractivity contribution < 1.29 is 22.8 Å². The fourth-order valence-corrected chi connectivity index (χ4v) is 2.12. The highest BCUT2D eigenvalue weighted by Crippen LogP contribution is 2.33. The SMILES string of the molecule is CC(=O)Nc1cccc(NC(=O)Nc2cc(C(F)(F)F)ccc2Cl)c1. The Labute approximate surface area is 146 Å². The first kappa shape index (κ1) is 18.6. The number of urea groups is 1. The number of nitrogens with one attached hydrogen (secondary N) is 3. The van der Waals surface area contributed by atoms with Gasteiger partial charge in [-0.3, -0.25) is 4.79 Å². The number of anilines is 3. The van der Waals surface area contributed by atoms with Crippen molar-refractivity contribution in [2.75, 3.05) is 16.0 Å². The second-order valence-corrected chi connectivity index (χ2v) is 5.44. The third-order valence-electron chi connectivity index (χ3n) is 2.98. The lowest BCUT2D eigenvalue weighted by molar-refractivity contribution is -0.137. The molecular formula is C16H13ClF3N3O2. The summed E-state index contributed by atoms with van der Waals surface area (Å²) in [6.45, 7) is 1.34. The van der Waals surface area contributed by atoms with E-state index in [-0.39, 0.29) is 16.6 Å². The van der Waals surface area contributed by atoms with Crippen molar-refractivity contribution in [3.63, 3.8) is 0 Å². The fourth-order valence-electron chi connectivity index (χ4n) is 1.96. The van der Waals surface area contributed by atoms with Crippen LogP contribution >= 0.6 is 11.6 Å². The number of amides is 3. The second-order valence-electron chi connectivity index (χ2n) is 5.03. The molecule has 3 amide bonds. The van der Waals surface area contributed by atoms with Crippen LogP contribution in [0.25, 0.3) is 0 Å². The average molecular weight is 372 g/mol. The zero-order valence-corrected chi connectivity index (χ0v) is 13.6. The zero-order valence-electron chi connectivity index (χ0n) is 12.9. The number of alkyl halides is 3. The van der Waals surface area contributed by atoms with E-state index in [0.717, 1.165) is 18.2 Å². The molecule has 0 spiro atoms. The summed E-state index contributed by atoms with van der Waals surface area (Å²) in [5.74, 6) is -0.280. The topological polar surface area (TPSA) is 70.2 Å². The van der Waals surface area contributed by atoms with Crippen LogP contribution in [0.1, 0.15) is 12.5 Å². The Morgan fingerprint density at radius 1 is 0.960 bits per heavy atom. The first-order valence-corrected chi connectivity index (χ1v) is 7.35. The van der Waals surface area contributed by atoms with Crippen molar-refractivity contribution in [2.45, 2.75) is 13.1 Å². The average Bonchev–Trinajstić information content (AvgIpc) is 2.48. The summed E-state index contributed by atoms with van der Waals surface area (Å²) < 4.78 is 38.2. The zero-order chi connectivity index (χ0) is 18.6. The van der Waals surface area contributed by atoms with Gasteiger partial charge in [-0.2, -0.15) is 13.2 Å². The standard InChI is InChI=1S/C16H13ClF3N3O2/c1-9(24)21-11-3-2-4-12(8-11)22-15(25)23-14-7-10(16(18,19)20)5-6-13(14)17/h2-8H,1H3,(H,21,24)(H2,22,23,25). The van der Waals surface area contributed by atoms with Gasteiger partial charge in [-0.25, -0.2) is 4.79 Å². The number of benzene rings is 2. The Bertz CT molecular complexity index is 809. The van der Waals surface area contributed by atoms with E-state index >= 15 is 0 Å². The highest BCUT2D eigenvalue weighted by molar-refractivity contribution is 6.33. The van der Waals surface area contributed by atoms with E-state index in [1.807, 2.05) is 0 Å². The molecule has 5 nitrogen and oxygen atoms in total. The lowest BCUT2D eigenvalue weighted by Crippen LogP contribution is -2.20. The van der Waals surface area contributed by atoms with Gasteiger partial charge < -0.3 is 16.0 Å². The van der Waals surface area contributed by atoms with Crippen LogP contribution in [0.4, 0.5) is 35.0 Å². The van der Waals surface area contributed by atoms with Gasteiger partial charge in [0.05, 0.1) is 16.3 Å². The van der Waals surface area contributed by atoms with Gasteiger partial charge in [-0.05, 0) is 36.4 Å². The van der Waals surface area contributed by atoms with E-state index in [1.54, 1.807) is 18.2 Å². The molecule has 2 aromatic rings. The van der Waals surface area contributed by atoms with Crippen molar-refractivity contribution in [1.29, 1.82) is 0 Å². The third kappa shape index (κ3) is 5.39. The summed E-state index contributed by atoms with van der Waals surface area (Å²) >= 11 is 5.82. The molecular weight excluding hydrogens is 359 g/mol. The number of carbonyl (C=O) groups excluding carboxylic acids is 2. The molecule has 9 heteroatoms. The number of halogens is 4. The molecule has 0 aliphatic carbocycles. The van der Waals surface area contributed by atoms with Crippen LogP contribution in [0, 0.1) is 0 Å². The van der Waals surface area contributed by atoms with Gasteiger partial charge in [0.1, 0.15) is 0 Å². The van der Waals surface area contributed by atoms with Gasteiger partial charge in [0, 0.05) is 18.3 Å². The molecule has 0 saturated carbocycles. The summed E-state index contributed by atoms with van der Waals surface area (Å²) in [7, 11) is 0. The number of hydrogen-bond donors (Lipinski definition) is 3. The highest BCUT2D eigenvalue weighted by atomic mass is 35.5. The summed E-state index contributed by atoms with van der Waals surface area (Å²) in [4.78, 5) is 23.0. The normalized spacial score (nSPS) is 10.9. The summed E-state index contributed by atoms with van der Waals surface area (Å²) in [5, 5.41) is 7.22. The van der Waals surface area contributed by atoms with Crippen LogP contribution < -0.4 is 16.0 Å². The number of rotatable bonds is 3. The Hall–Kier alpha value is -2.74. The van der Waals surface area contributed by atoms with Crippen LogP contribution in [-0.4, -0.2) is 11.9 Å². The van der Waals surface area contributed by atoms with Crippen molar-refractivity contribution in [1.82, 2.24) is 0 Å². The Morgan fingerprint density at radius 3 is 2.20 bits per heavy atom. The molecule has 0 bridgehead atoms. The van der Waals surface area contributed by atoms with Crippen molar-refractivity contribution in [3.8, 4) is 0 Å². The summed E-state index contributed by atoms with van der Waals surface area (Å²) in [5.41, 5.74) is -0.305. The first-order chi connectivity index (χ1) is 11.6. The molecule has 2 aromatic carbocycles. The lowest BCUT2D eigenvalue weighted by atomic mass is 10.2. The van der Waals surface area contributed by atoms with E-state index in [4.69, 9.17) is 11.6 Å². The summed E-state index contributed by atoms with van der Waals surface area (Å²) in [6.07, 6.45) is -4.55. The van der Waals surface area contributed by atoms with E-state index in [9.17, 15) is 22.8 Å². The monoisotopic (exact) mass is 371 g/mol. The van der Waals surface area contributed by atoms with E-state index in [1.165, 1.54) is 13.0 Å². The molecule has 0 unspecified atom stereocenters. The van der Waals surface area contributed by atoms with Crippen LogP contribution in [0.3, 0.4) is 0 Å². The van der Waals surface area contributed by atoms with Gasteiger partial charge in [-0.1, -0.05) is 17.7 Å². The van der Waals surface area contributed by atoms with Crippen LogP contribution in [-0.2, 0) is 11.0 Å². The molecule has 2 rings (SSSR count). The van der Waals surface area contributed by atoms with Crippen molar-refractivity contribution >= 4 is 40.6 Å². The van der Waals surface area contributed by atoms with Crippen LogP contribution in [0.15, 0.2) is 42.5 Å². The fraction of sp³-hybridized carbons (Fsp3) is 0.125. The van der Waals surface area contributed by atoms with Crippen LogP contribution in [0.2, 0.25) is 5.02 Å². The molecule has 132 valence electrons. The molecule has 0 aliphatic rings. The quantitative estimate of drug-likeness (QED) is 0.713. The Morgan fingerprint density at radius 2 is 1.60 bits per heavy atom. The Kier molecular flexibility index (Phi) is 5.53. The molecule has 0 fully saturated rings. The van der Waals surface area contributed by atoms with Crippen LogP contribution in [0.5, 0.6) is 0 Å².